The quantitative estimate of drug-likeness (QED) is 0.871. The van der Waals surface area contributed by atoms with Crippen LogP contribution in [-0.4, -0.2) is 9.78 Å². The summed E-state index contributed by atoms with van der Waals surface area (Å²) >= 11 is 3.38. The summed E-state index contributed by atoms with van der Waals surface area (Å²) in [6.45, 7) is 2.15. The summed E-state index contributed by atoms with van der Waals surface area (Å²) in [5.41, 5.74) is 1.81. The molecule has 1 aromatic heterocycles. The van der Waals surface area contributed by atoms with Crippen LogP contribution in [0.25, 0.3) is 0 Å². The number of aryl methyl sites for hydroxylation is 2. The Kier molecular flexibility index (Phi) is 3.84. The van der Waals surface area contributed by atoms with Gasteiger partial charge in [0.15, 0.2) is 17.5 Å². The maximum atomic E-state index is 13.0. The van der Waals surface area contributed by atoms with E-state index in [1.807, 2.05) is 6.92 Å². The van der Waals surface area contributed by atoms with Crippen LogP contribution in [0.4, 0.5) is 18.9 Å². The van der Waals surface area contributed by atoms with Gasteiger partial charge in [-0.1, -0.05) is 0 Å². The second kappa shape index (κ2) is 5.24. The van der Waals surface area contributed by atoms with Gasteiger partial charge in [-0.2, -0.15) is 5.10 Å². The van der Waals surface area contributed by atoms with Crippen LogP contribution in [0.2, 0.25) is 0 Å². The Balaban J connectivity index is 2.19. The molecule has 19 heavy (non-hydrogen) atoms. The van der Waals surface area contributed by atoms with E-state index in [1.165, 1.54) is 0 Å². The van der Waals surface area contributed by atoms with Crippen LogP contribution in [0.5, 0.6) is 0 Å². The van der Waals surface area contributed by atoms with Gasteiger partial charge in [0.25, 0.3) is 0 Å². The maximum absolute atomic E-state index is 13.0. The predicted molar refractivity (Wildman–Crippen MR) is 69.3 cm³/mol. The minimum absolute atomic E-state index is 0.169. The van der Waals surface area contributed by atoms with Gasteiger partial charge < -0.3 is 5.32 Å². The summed E-state index contributed by atoms with van der Waals surface area (Å²) in [6, 6.07) is 1.82. The lowest BCUT2D eigenvalue weighted by molar-refractivity contribution is 0.447. The van der Waals surface area contributed by atoms with Crippen LogP contribution >= 0.6 is 15.9 Å². The summed E-state index contributed by atoms with van der Waals surface area (Å²) in [6.07, 6.45) is 0. The molecule has 0 amide bonds. The van der Waals surface area contributed by atoms with Gasteiger partial charge in [0, 0.05) is 24.9 Å². The molecular weight excluding hydrogens is 323 g/mol. The highest BCUT2D eigenvalue weighted by atomic mass is 79.9. The molecule has 0 unspecified atom stereocenters. The first kappa shape index (κ1) is 13.9. The van der Waals surface area contributed by atoms with Crippen LogP contribution in [0, 0.1) is 24.4 Å². The molecule has 0 aliphatic heterocycles. The van der Waals surface area contributed by atoms with Gasteiger partial charge in [-0.15, -0.1) is 0 Å². The third-order valence-electron chi connectivity index (χ3n) is 2.71. The number of aromatic nitrogens is 2. The van der Waals surface area contributed by atoms with E-state index in [4.69, 9.17) is 0 Å². The largest absolute Gasteiger partial charge is 0.379 e. The normalized spacial score (nSPS) is 10.8. The summed E-state index contributed by atoms with van der Waals surface area (Å²) in [7, 11) is 1.76. The number of hydrogen-bond acceptors (Lipinski definition) is 2. The van der Waals surface area contributed by atoms with Crippen molar-refractivity contribution in [1.82, 2.24) is 9.78 Å². The van der Waals surface area contributed by atoms with Crippen molar-refractivity contribution in [3.8, 4) is 0 Å². The summed E-state index contributed by atoms with van der Waals surface area (Å²) in [5, 5.41) is 7.02. The van der Waals surface area contributed by atoms with Crippen LogP contribution in [0.3, 0.4) is 0 Å². The molecule has 0 aliphatic rings. The zero-order valence-electron chi connectivity index (χ0n) is 10.3. The topological polar surface area (TPSA) is 29.9 Å². The molecule has 0 aliphatic carbocycles. The van der Waals surface area contributed by atoms with Crippen molar-refractivity contribution < 1.29 is 13.2 Å². The lowest BCUT2D eigenvalue weighted by atomic mass is 10.2. The second-order valence-electron chi connectivity index (χ2n) is 4.08. The highest BCUT2D eigenvalue weighted by molar-refractivity contribution is 9.10. The van der Waals surface area contributed by atoms with Crippen molar-refractivity contribution in [1.29, 1.82) is 0 Å². The van der Waals surface area contributed by atoms with E-state index in [1.54, 1.807) is 11.7 Å². The number of nitrogens with one attached hydrogen (secondary N) is 1. The van der Waals surface area contributed by atoms with E-state index in [9.17, 15) is 13.2 Å². The Labute approximate surface area is 116 Å². The summed E-state index contributed by atoms with van der Waals surface area (Å²) in [5.74, 6) is -3.91. The molecule has 3 nitrogen and oxygen atoms in total. The lowest BCUT2D eigenvalue weighted by Crippen LogP contribution is -2.07. The Bertz CT molecular complexity index is 602. The van der Waals surface area contributed by atoms with Crippen molar-refractivity contribution in [2.75, 3.05) is 5.32 Å². The van der Waals surface area contributed by atoms with E-state index >= 15 is 0 Å². The van der Waals surface area contributed by atoms with Gasteiger partial charge in [0.2, 0.25) is 0 Å². The second-order valence-corrected chi connectivity index (χ2v) is 4.87. The molecule has 0 fully saturated rings. The predicted octanol–water partition coefficient (Wildman–Crippen LogP) is 3.52. The highest BCUT2D eigenvalue weighted by Gasteiger charge is 2.13. The van der Waals surface area contributed by atoms with E-state index in [2.05, 4.69) is 26.3 Å². The maximum Gasteiger partial charge on any atom is 0.194 e. The molecule has 2 aromatic rings. The Morgan fingerprint density at radius 1 is 1.26 bits per heavy atom. The number of nitrogens with zero attached hydrogens (tertiary/aromatic N) is 2. The van der Waals surface area contributed by atoms with Crippen molar-refractivity contribution in [2.24, 2.45) is 7.05 Å². The van der Waals surface area contributed by atoms with Crippen molar-refractivity contribution in [2.45, 2.75) is 13.5 Å². The zero-order chi connectivity index (χ0) is 14.2. The Hall–Kier alpha value is -1.50. The first-order valence-corrected chi connectivity index (χ1v) is 6.26. The molecule has 0 saturated heterocycles. The summed E-state index contributed by atoms with van der Waals surface area (Å²) < 4.78 is 41.4. The number of anilines is 1. The van der Waals surface area contributed by atoms with Crippen molar-refractivity contribution >= 4 is 21.6 Å². The monoisotopic (exact) mass is 333 g/mol. The summed E-state index contributed by atoms with van der Waals surface area (Å²) in [4.78, 5) is 0. The van der Waals surface area contributed by atoms with E-state index in [0.717, 1.165) is 28.0 Å². The van der Waals surface area contributed by atoms with Crippen LogP contribution in [0.1, 0.15) is 11.4 Å². The van der Waals surface area contributed by atoms with Gasteiger partial charge in [0.05, 0.1) is 22.4 Å². The lowest BCUT2D eigenvalue weighted by Gasteiger charge is -2.08. The third kappa shape index (κ3) is 2.75. The van der Waals surface area contributed by atoms with Crippen LogP contribution < -0.4 is 5.32 Å². The zero-order valence-corrected chi connectivity index (χ0v) is 11.9. The molecule has 1 heterocycles. The molecule has 0 saturated carbocycles. The van der Waals surface area contributed by atoms with Gasteiger partial charge in [-0.3, -0.25) is 4.68 Å². The molecule has 2 rings (SSSR count). The minimum Gasteiger partial charge on any atom is -0.379 e. The van der Waals surface area contributed by atoms with Gasteiger partial charge >= 0.3 is 0 Å². The number of rotatable bonds is 3. The Morgan fingerprint density at radius 3 is 2.32 bits per heavy atom. The van der Waals surface area contributed by atoms with E-state index in [0.29, 0.717) is 6.54 Å². The van der Waals surface area contributed by atoms with Crippen LogP contribution in [-0.2, 0) is 13.6 Å². The number of benzene rings is 1. The highest BCUT2D eigenvalue weighted by Crippen LogP contribution is 2.22. The number of halogens is 4. The number of hydrogen-bond donors (Lipinski definition) is 1. The molecular formula is C12H11BrF3N3. The van der Waals surface area contributed by atoms with Gasteiger partial charge in [0.1, 0.15) is 0 Å². The molecule has 0 radical (unpaired) electrons. The van der Waals surface area contributed by atoms with Crippen LogP contribution in [0.15, 0.2) is 16.6 Å². The van der Waals surface area contributed by atoms with Crippen molar-refractivity contribution in [3.05, 3.63) is 45.4 Å². The minimum atomic E-state index is -1.47. The standard InChI is InChI=1S/C12H11BrF3N3/c1-6-11(13)10(19(2)18-6)5-17-7-3-8(14)12(16)9(15)4-7/h3-4,17H,5H2,1-2H3. The van der Waals surface area contributed by atoms with Crippen molar-refractivity contribution in [3.63, 3.8) is 0 Å². The molecule has 102 valence electrons. The first-order chi connectivity index (χ1) is 8.90. The van der Waals surface area contributed by atoms with Gasteiger partial charge in [-0.25, -0.2) is 13.2 Å². The molecule has 1 N–H and O–H groups in total. The molecule has 0 spiro atoms. The SMILES string of the molecule is Cc1nn(C)c(CNc2cc(F)c(F)c(F)c2)c1Br. The first-order valence-electron chi connectivity index (χ1n) is 5.46. The molecule has 1 aromatic carbocycles. The third-order valence-corrected chi connectivity index (χ3v) is 3.74. The van der Waals surface area contributed by atoms with Gasteiger partial charge in [-0.05, 0) is 22.9 Å². The molecule has 0 atom stereocenters. The average molecular weight is 334 g/mol. The Morgan fingerprint density at radius 2 is 1.84 bits per heavy atom. The van der Waals surface area contributed by atoms with E-state index < -0.39 is 17.5 Å². The molecule has 0 bridgehead atoms. The fraction of sp³-hybridized carbons (Fsp3) is 0.250. The fourth-order valence-corrected chi connectivity index (χ4v) is 2.19. The smallest absolute Gasteiger partial charge is 0.194 e. The fourth-order valence-electron chi connectivity index (χ4n) is 1.72. The molecule has 7 heteroatoms. The van der Waals surface area contributed by atoms with E-state index in [-0.39, 0.29) is 5.69 Å². The average Bonchev–Trinajstić information content (AvgIpc) is 2.58.